The van der Waals surface area contributed by atoms with Crippen molar-refractivity contribution < 1.29 is 8.83 Å². The second-order valence-corrected chi connectivity index (χ2v) is 23.2. The Labute approximate surface area is 472 Å². The number of fused-ring (bicyclic) bond motifs is 10. The summed E-state index contributed by atoms with van der Waals surface area (Å²) in [4.78, 5) is 4.70. The first-order valence-corrected chi connectivity index (χ1v) is 27.7. The minimum Gasteiger partial charge on any atom is -0.416 e. The maximum Gasteiger partial charge on any atom is 0.248 e. The molecular weight excluding hydrogens is 993 g/mol. The third kappa shape index (κ3) is 8.45. The fraction of sp³-hybridized carbons (Fsp3) is 0.123. The van der Waals surface area contributed by atoms with Crippen LogP contribution < -0.4 is 9.80 Å². The van der Waals surface area contributed by atoms with E-state index in [9.17, 15) is 0 Å². The summed E-state index contributed by atoms with van der Waals surface area (Å²) < 4.78 is 13.4. The normalized spacial score (nSPS) is 12.9. The first-order chi connectivity index (χ1) is 39.4. The standard InChI is InChI=1S/C73H58N6O2/c1-71(2,3)51-33-27-47(28-34-51)67-74-76-69(80-67)49-31-39-59-60-40-32-50(70-77-75-68(81-70)48-29-35-52(36-30-48)72(4,5)6)44-64(60)73(63(59)43-49)65-45-57(78(53-19-11-7-12-20-53)54-21-13-8-14-22-54)37-41-61(65)62-42-38-58(46-66(62)73)79(55-23-15-9-16-24-55)56-25-17-10-18-26-56/h7-46H,1-6H3. The van der Waals surface area contributed by atoms with E-state index in [0.717, 1.165) is 101 Å². The minimum atomic E-state index is -0.914. The van der Waals surface area contributed by atoms with Crippen molar-refractivity contribution in [1.82, 2.24) is 20.4 Å². The van der Waals surface area contributed by atoms with E-state index in [1.165, 1.54) is 11.1 Å². The molecule has 0 radical (unpaired) electrons. The first kappa shape index (κ1) is 49.4. The number of aromatic nitrogens is 4. The van der Waals surface area contributed by atoms with Gasteiger partial charge < -0.3 is 18.6 Å². The highest BCUT2D eigenvalue weighted by atomic mass is 16.4. The van der Waals surface area contributed by atoms with Crippen LogP contribution in [0.3, 0.4) is 0 Å². The molecule has 0 saturated carbocycles. The van der Waals surface area contributed by atoms with Crippen molar-refractivity contribution in [1.29, 1.82) is 0 Å². The van der Waals surface area contributed by atoms with E-state index in [1.807, 2.05) is 0 Å². The summed E-state index contributed by atoms with van der Waals surface area (Å²) >= 11 is 0. The smallest absolute Gasteiger partial charge is 0.248 e. The molecule has 0 fully saturated rings. The number of benzene rings is 10. The molecule has 392 valence electrons. The average molecular weight is 1050 g/mol. The fourth-order valence-electron chi connectivity index (χ4n) is 12.1. The highest BCUT2D eigenvalue weighted by Gasteiger charge is 2.53. The highest BCUT2D eigenvalue weighted by molar-refractivity contribution is 5.99. The first-order valence-electron chi connectivity index (χ1n) is 27.7. The van der Waals surface area contributed by atoms with Gasteiger partial charge in [0, 0.05) is 56.4 Å². The van der Waals surface area contributed by atoms with Crippen LogP contribution in [0.4, 0.5) is 34.1 Å². The lowest BCUT2D eigenvalue weighted by Crippen LogP contribution is -2.27. The summed E-state index contributed by atoms with van der Waals surface area (Å²) in [6.45, 7) is 13.3. The van der Waals surface area contributed by atoms with Crippen molar-refractivity contribution >= 4 is 34.1 Å². The average Bonchev–Trinajstić information content (AvgIpc) is 1.98. The van der Waals surface area contributed by atoms with E-state index in [0.29, 0.717) is 23.6 Å². The number of nitrogens with zero attached hydrogens (tertiary/aromatic N) is 6. The van der Waals surface area contributed by atoms with Gasteiger partial charge in [0.05, 0.1) is 5.41 Å². The molecule has 8 nitrogen and oxygen atoms in total. The summed E-state index contributed by atoms with van der Waals surface area (Å²) in [6.07, 6.45) is 0. The Morgan fingerprint density at radius 2 is 0.556 bits per heavy atom. The predicted molar refractivity (Wildman–Crippen MR) is 327 cm³/mol. The Kier molecular flexibility index (Phi) is 11.7. The second-order valence-electron chi connectivity index (χ2n) is 23.2. The van der Waals surface area contributed by atoms with Crippen LogP contribution >= 0.6 is 0 Å². The van der Waals surface area contributed by atoms with Crippen molar-refractivity contribution in [2.75, 3.05) is 9.80 Å². The van der Waals surface area contributed by atoms with Gasteiger partial charge in [-0.05, 0) is 188 Å². The topological polar surface area (TPSA) is 84.3 Å². The molecule has 0 N–H and O–H groups in total. The van der Waals surface area contributed by atoms with E-state index in [-0.39, 0.29) is 10.8 Å². The van der Waals surface area contributed by atoms with Crippen LogP contribution in [0.2, 0.25) is 0 Å². The van der Waals surface area contributed by atoms with Crippen molar-refractivity contribution in [2.24, 2.45) is 0 Å². The third-order valence-electron chi connectivity index (χ3n) is 16.2. The maximum absolute atomic E-state index is 6.68. The summed E-state index contributed by atoms with van der Waals surface area (Å²) in [5.41, 5.74) is 20.1. The lowest BCUT2D eigenvalue weighted by Gasteiger charge is -2.33. The molecule has 8 heteroatoms. The number of para-hydroxylation sites is 4. The molecule has 2 aromatic heterocycles. The molecule has 2 heterocycles. The van der Waals surface area contributed by atoms with Gasteiger partial charge in [-0.3, -0.25) is 0 Å². The van der Waals surface area contributed by atoms with Gasteiger partial charge in [0.1, 0.15) is 0 Å². The van der Waals surface area contributed by atoms with Crippen molar-refractivity contribution in [3.63, 3.8) is 0 Å². The number of anilines is 6. The van der Waals surface area contributed by atoms with Crippen LogP contribution in [0, 0.1) is 0 Å². The molecule has 12 aromatic rings. The molecule has 2 aliphatic carbocycles. The lowest BCUT2D eigenvalue weighted by atomic mass is 9.70. The summed E-state index contributed by atoms with van der Waals surface area (Å²) in [5, 5.41) is 18.8. The minimum absolute atomic E-state index is 0.00618. The zero-order valence-electron chi connectivity index (χ0n) is 46.1. The van der Waals surface area contributed by atoms with E-state index in [4.69, 9.17) is 19.0 Å². The van der Waals surface area contributed by atoms with Crippen LogP contribution in [-0.2, 0) is 16.2 Å². The maximum atomic E-state index is 6.68. The Morgan fingerprint density at radius 1 is 0.284 bits per heavy atom. The second kappa shape index (κ2) is 19.2. The van der Waals surface area contributed by atoms with Crippen molar-refractivity contribution in [3.05, 3.63) is 276 Å². The quantitative estimate of drug-likeness (QED) is 0.134. The van der Waals surface area contributed by atoms with Gasteiger partial charge in [-0.2, -0.15) is 0 Å². The molecule has 1 spiro atoms. The number of hydrogen-bond donors (Lipinski definition) is 0. The molecule has 0 saturated heterocycles. The highest BCUT2D eigenvalue weighted by Crippen LogP contribution is 2.65. The Hall–Kier alpha value is -9.92. The van der Waals surface area contributed by atoms with E-state index in [2.05, 4.69) is 304 Å². The Balaban J connectivity index is 1.02. The van der Waals surface area contributed by atoms with E-state index >= 15 is 0 Å². The molecule has 2 aliphatic rings. The zero-order valence-corrected chi connectivity index (χ0v) is 46.1. The van der Waals surface area contributed by atoms with E-state index < -0.39 is 5.41 Å². The van der Waals surface area contributed by atoms with Gasteiger partial charge in [-0.1, -0.05) is 163 Å². The lowest BCUT2D eigenvalue weighted by molar-refractivity contribution is 0.581. The van der Waals surface area contributed by atoms with Gasteiger partial charge >= 0.3 is 0 Å². The van der Waals surface area contributed by atoms with E-state index in [1.54, 1.807) is 0 Å². The van der Waals surface area contributed by atoms with Gasteiger partial charge in [0.25, 0.3) is 0 Å². The van der Waals surface area contributed by atoms with Crippen LogP contribution in [0.25, 0.3) is 68.1 Å². The SMILES string of the molecule is CC(C)(C)c1ccc(-c2nnc(-c3ccc4c(c3)C3(c5cc(-c6nnc(-c7ccc(C(C)(C)C)cc7)o6)ccc5-4)c4cc(N(c5ccccc5)c5ccccc5)ccc4-c4ccc(N(c5ccccc5)c5ccccc5)cc43)o2)cc1. The molecule has 81 heavy (non-hydrogen) atoms. The molecule has 0 amide bonds. The largest absolute Gasteiger partial charge is 0.416 e. The number of rotatable bonds is 10. The van der Waals surface area contributed by atoms with Gasteiger partial charge in [-0.25, -0.2) is 0 Å². The van der Waals surface area contributed by atoms with Gasteiger partial charge in [-0.15, -0.1) is 20.4 Å². The summed E-state index contributed by atoms with van der Waals surface area (Å²) in [7, 11) is 0. The van der Waals surface area contributed by atoms with Crippen LogP contribution in [-0.4, -0.2) is 20.4 Å². The summed E-state index contributed by atoms with van der Waals surface area (Å²) in [6, 6.07) is 86.6. The van der Waals surface area contributed by atoms with Crippen molar-refractivity contribution in [2.45, 2.75) is 57.8 Å². The monoisotopic (exact) mass is 1050 g/mol. The molecular formula is C73H58N6O2. The van der Waals surface area contributed by atoms with Gasteiger partial charge in [0.2, 0.25) is 23.6 Å². The molecule has 0 bridgehead atoms. The van der Waals surface area contributed by atoms with Crippen molar-refractivity contribution in [3.8, 4) is 68.1 Å². The van der Waals surface area contributed by atoms with Gasteiger partial charge in [0.15, 0.2) is 0 Å². The molecule has 0 unspecified atom stereocenters. The fourth-order valence-corrected chi connectivity index (χ4v) is 12.1. The molecule has 0 atom stereocenters. The number of hydrogen-bond acceptors (Lipinski definition) is 8. The summed E-state index contributed by atoms with van der Waals surface area (Å²) in [5.74, 6) is 1.81. The Morgan fingerprint density at radius 3 is 0.864 bits per heavy atom. The Bertz CT molecular complexity index is 3930. The van der Waals surface area contributed by atoms with Crippen LogP contribution in [0.1, 0.15) is 74.9 Å². The van der Waals surface area contributed by atoms with Crippen LogP contribution in [0.5, 0.6) is 0 Å². The zero-order chi connectivity index (χ0) is 55.0. The third-order valence-corrected chi connectivity index (χ3v) is 16.2. The molecule has 14 rings (SSSR count). The molecule has 0 aliphatic heterocycles. The predicted octanol–water partition coefficient (Wildman–Crippen LogP) is 19.0. The van der Waals surface area contributed by atoms with Crippen LogP contribution in [0.15, 0.2) is 251 Å². The molecule has 10 aromatic carbocycles.